The van der Waals surface area contributed by atoms with Crippen molar-refractivity contribution in [3.63, 3.8) is 0 Å². The van der Waals surface area contributed by atoms with E-state index >= 15 is 0 Å². The molecule has 1 aromatic rings. The summed E-state index contributed by atoms with van der Waals surface area (Å²) in [5.41, 5.74) is 8.38. The minimum absolute atomic E-state index is 0. The second kappa shape index (κ2) is 11.9. The highest BCUT2D eigenvalue weighted by molar-refractivity contribution is 5.85. The molecule has 0 aromatic heterocycles. The summed E-state index contributed by atoms with van der Waals surface area (Å²) in [5.74, 6) is 0.686. The number of likely N-dealkylation sites (tertiary alicyclic amines) is 2. The second-order valence-electron chi connectivity index (χ2n) is 7.90. The van der Waals surface area contributed by atoms with E-state index in [9.17, 15) is 4.79 Å². The van der Waals surface area contributed by atoms with Crippen LogP contribution in [0.3, 0.4) is 0 Å². The van der Waals surface area contributed by atoms with Crippen LogP contribution in [0, 0.1) is 12.8 Å². The third kappa shape index (κ3) is 6.94. The molecule has 0 radical (unpaired) electrons. The molecule has 2 aliphatic heterocycles. The van der Waals surface area contributed by atoms with Gasteiger partial charge in [0.05, 0.1) is 0 Å². The Morgan fingerprint density at radius 1 is 1.04 bits per heavy atom. The largest absolute Gasteiger partial charge is 0.341 e. The molecule has 1 aromatic carbocycles. The fourth-order valence-corrected chi connectivity index (χ4v) is 4.21. The number of benzene rings is 1. The van der Waals surface area contributed by atoms with Crippen molar-refractivity contribution in [2.75, 3.05) is 32.7 Å². The summed E-state index contributed by atoms with van der Waals surface area (Å²) < 4.78 is 0. The van der Waals surface area contributed by atoms with Crippen LogP contribution in [0.15, 0.2) is 24.3 Å². The number of aryl methyl sites for hydroxylation is 1. The van der Waals surface area contributed by atoms with E-state index in [4.69, 9.17) is 5.73 Å². The first-order chi connectivity index (χ1) is 12.1. The monoisotopic (exact) mass is 415 g/mol. The van der Waals surface area contributed by atoms with Crippen LogP contribution in [0.5, 0.6) is 0 Å². The zero-order valence-electron chi connectivity index (χ0n) is 16.4. The molecule has 0 aliphatic carbocycles. The van der Waals surface area contributed by atoms with E-state index in [1.807, 2.05) is 29.2 Å². The van der Waals surface area contributed by atoms with Crippen LogP contribution < -0.4 is 5.73 Å². The molecule has 2 heterocycles. The van der Waals surface area contributed by atoms with Crippen LogP contribution in [0.4, 0.5) is 0 Å². The summed E-state index contributed by atoms with van der Waals surface area (Å²) in [4.78, 5) is 17.5. The van der Waals surface area contributed by atoms with E-state index < -0.39 is 6.04 Å². The predicted molar refractivity (Wildman–Crippen MR) is 117 cm³/mol. The Bertz CT molecular complexity index is 559. The minimum atomic E-state index is -0.530. The second-order valence-corrected chi connectivity index (χ2v) is 7.90. The molecular formula is C21H35Cl2N3O. The Kier molecular flexibility index (Phi) is 10.7. The average Bonchev–Trinajstić information content (AvgIpc) is 2.90. The Morgan fingerprint density at radius 3 is 2.30 bits per heavy atom. The SMILES string of the molecule is Cc1ccc(C(N)C(=O)N2CCCC(CN3CCCCCC3)C2)cc1.Cl.Cl. The van der Waals surface area contributed by atoms with Crippen LogP contribution in [0.2, 0.25) is 0 Å². The number of piperidine rings is 1. The number of nitrogens with zero attached hydrogens (tertiary/aromatic N) is 2. The smallest absolute Gasteiger partial charge is 0.244 e. The summed E-state index contributed by atoms with van der Waals surface area (Å²) >= 11 is 0. The highest BCUT2D eigenvalue weighted by atomic mass is 35.5. The van der Waals surface area contributed by atoms with Gasteiger partial charge in [0.2, 0.25) is 5.91 Å². The van der Waals surface area contributed by atoms with Crippen LogP contribution in [0.25, 0.3) is 0 Å². The fourth-order valence-electron chi connectivity index (χ4n) is 4.21. The third-order valence-corrected chi connectivity index (χ3v) is 5.75. The molecule has 2 aliphatic rings. The predicted octanol–water partition coefficient (Wildman–Crippen LogP) is 3.95. The molecule has 2 unspecified atom stereocenters. The van der Waals surface area contributed by atoms with Gasteiger partial charge in [0.25, 0.3) is 0 Å². The lowest BCUT2D eigenvalue weighted by atomic mass is 9.95. The quantitative estimate of drug-likeness (QED) is 0.809. The van der Waals surface area contributed by atoms with Gasteiger partial charge in [-0.25, -0.2) is 0 Å². The molecule has 1 amide bonds. The minimum Gasteiger partial charge on any atom is -0.341 e. The molecule has 3 rings (SSSR count). The van der Waals surface area contributed by atoms with Gasteiger partial charge in [0.15, 0.2) is 0 Å². The van der Waals surface area contributed by atoms with Gasteiger partial charge in [0, 0.05) is 19.6 Å². The van der Waals surface area contributed by atoms with Crippen molar-refractivity contribution in [3.05, 3.63) is 35.4 Å². The lowest BCUT2D eigenvalue weighted by Crippen LogP contribution is -2.47. The first kappa shape index (κ1) is 24.2. The maximum absolute atomic E-state index is 12.9. The highest BCUT2D eigenvalue weighted by Gasteiger charge is 2.28. The van der Waals surface area contributed by atoms with Crippen molar-refractivity contribution in [1.82, 2.24) is 9.80 Å². The van der Waals surface area contributed by atoms with E-state index in [1.54, 1.807) is 0 Å². The van der Waals surface area contributed by atoms with Crippen molar-refractivity contribution in [3.8, 4) is 0 Å². The van der Waals surface area contributed by atoms with E-state index in [1.165, 1.54) is 50.8 Å². The van der Waals surface area contributed by atoms with Crippen LogP contribution in [-0.2, 0) is 4.79 Å². The van der Waals surface area contributed by atoms with Crippen LogP contribution in [-0.4, -0.2) is 48.4 Å². The van der Waals surface area contributed by atoms with Gasteiger partial charge in [-0.15, -0.1) is 24.8 Å². The van der Waals surface area contributed by atoms with E-state index in [0.717, 1.165) is 31.6 Å². The number of halogens is 2. The molecule has 0 bridgehead atoms. The van der Waals surface area contributed by atoms with Crippen molar-refractivity contribution < 1.29 is 4.79 Å². The van der Waals surface area contributed by atoms with Gasteiger partial charge in [-0.2, -0.15) is 0 Å². The number of hydrogen-bond acceptors (Lipinski definition) is 3. The zero-order chi connectivity index (χ0) is 17.6. The molecule has 154 valence electrons. The molecule has 27 heavy (non-hydrogen) atoms. The maximum atomic E-state index is 12.9. The summed E-state index contributed by atoms with van der Waals surface area (Å²) in [7, 11) is 0. The Labute approximate surface area is 176 Å². The summed E-state index contributed by atoms with van der Waals surface area (Å²) in [6, 6.07) is 7.49. The van der Waals surface area contributed by atoms with Crippen molar-refractivity contribution in [2.24, 2.45) is 11.7 Å². The number of carbonyl (C=O) groups excluding carboxylic acids is 1. The average molecular weight is 416 g/mol. The summed E-state index contributed by atoms with van der Waals surface area (Å²) in [6.07, 6.45) is 7.74. The van der Waals surface area contributed by atoms with Gasteiger partial charge < -0.3 is 15.5 Å². The normalized spacial score (nSPS) is 22.1. The van der Waals surface area contributed by atoms with E-state index in [-0.39, 0.29) is 30.7 Å². The van der Waals surface area contributed by atoms with Crippen molar-refractivity contribution >= 4 is 30.7 Å². The molecule has 2 saturated heterocycles. The molecule has 6 heteroatoms. The standard InChI is InChI=1S/C21H33N3O.2ClH/c1-17-8-10-19(11-9-17)20(22)21(25)24-14-6-7-18(16-24)15-23-12-4-2-3-5-13-23;;/h8-11,18,20H,2-7,12-16,22H2,1H3;2*1H. The maximum Gasteiger partial charge on any atom is 0.244 e. The Balaban J connectivity index is 0.00000182. The van der Waals surface area contributed by atoms with E-state index in [0.29, 0.717) is 5.92 Å². The van der Waals surface area contributed by atoms with E-state index in [2.05, 4.69) is 11.8 Å². The highest BCUT2D eigenvalue weighted by Crippen LogP contribution is 2.22. The molecule has 2 atom stereocenters. The first-order valence-electron chi connectivity index (χ1n) is 9.97. The lowest BCUT2D eigenvalue weighted by Gasteiger charge is -2.36. The summed E-state index contributed by atoms with van der Waals surface area (Å²) in [6.45, 7) is 7.38. The number of rotatable bonds is 4. The van der Waals surface area contributed by atoms with Gasteiger partial charge in [-0.3, -0.25) is 4.79 Å². The van der Waals surface area contributed by atoms with Crippen LogP contribution >= 0.6 is 24.8 Å². The van der Waals surface area contributed by atoms with Crippen molar-refractivity contribution in [1.29, 1.82) is 0 Å². The molecular weight excluding hydrogens is 381 g/mol. The number of nitrogens with two attached hydrogens (primary N) is 1. The zero-order valence-corrected chi connectivity index (χ0v) is 18.1. The van der Waals surface area contributed by atoms with Gasteiger partial charge in [0.1, 0.15) is 6.04 Å². The number of hydrogen-bond donors (Lipinski definition) is 1. The lowest BCUT2D eigenvalue weighted by molar-refractivity contribution is -0.134. The first-order valence-corrected chi connectivity index (χ1v) is 9.97. The third-order valence-electron chi connectivity index (χ3n) is 5.75. The van der Waals surface area contributed by atoms with Gasteiger partial charge in [-0.1, -0.05) is 42.7 Å². The molecule has 0 saturated carbocycles. The fraction of sp³-hybridized carbons (Fsp3) is 0.667. The number of carbonyl (C=O) groups is 1. The van der Waals surface area contributed by atoms with Crippen LogP contribution in [0.1, 0.15) is 55.7 Å². The van der Waals surface area contributed by atoms with Crippen molar-refractivity contribution in [2.45, 2.75) is 51.5 Å². The topological polar surface area (TPSA) is 49.6 Å². The molecule has 2 N–H and O–H groups in total. The van der Waals surface area contributed by atoms with Gasteiger partial charge in [-0.05, 0) is 57.2 Å². The molecule has 2 fully saturated rings. The molecule has 4 nitrogen and oxygen atoms in total. The van der Waals surface area contributed by atoms with Gasteiger partial charge >= 0.3 is 0 Å². The summed E-state index contributed by atoms with van der Waals surface area (Å²) in [5, 5.41) is 0. The Morgan fingerprint density at radius 2 is 1.67 bits per heavy atom. The number of amides is 1. The molecule has 0 spiro atoms. The Hall–Kier alpha value is -0.810.